The molecule has 1 heterocycles. The normalized spacial score (nSPS) is 23.9. The van der Waals surface area contributed by atoms with E-state index in [4.69, 9.17) is 18.0 Å². The van der Waals surface area contributed by atoms with E-state index in [0.29, 0.717) is 4.99 Å². The van der Waals surface area contributed by atoms with Crippen molar-refractivity contribution in [1.29, 1.82) is 0 Å². The molecule has 0 aromatic heterocycles. The minimum absolute atomic E-state index is 0.170. The molecule has 1 saturated carbocycles. The highest BCUT2D eigenvalue weighted by Gasteiger charge is 2.46. The maximum atomic E-state index is 12.9. The summed E-state index contributed by atoms with van der Waals surface area (Å²) in [5.74, 6) is 0.177. The maximum absolute atomic E-state index is 12.9. The van der Waals surface area contributed by atoms with Gasteiger partial charge >= 0.3 is 0 Å². The fraction of sp³-hybridized carbons (Fsp3) is 0.867. The largest absolute Gasteiger partial charge is 0.392 e. The Morgan fingerprint density at radius 1 is 1.10 bits per heavy atom. The Labute approximate surface area is 127 Å². The van der Waals surface area contributed by atoms with Crippen molar-refractivity contribution in [1.82, 2.24) is 9.80 Å². The number of carbonyl (C=O) groups excluding carboxylic acids is 1. The lowest BCUT2D eigenvalue weighted by Gasteiger charge is -2.44. The zero-order valence-corrected chi connectivity index (χ0v) is 13.8. The van der Waals surface area contributed by atoms with Crippen LogP contribution < -0.4 is 5.73 Å². The van der Waals surface area contributed by atoms with E-state index in [1.54, 1.807) is 0 Å². The van der Waals surface area contributed by atoms with Gasteiger partial charge in [0.2, 0.25) is 5.91 Å². The minimum atomic E-state index is -0.542. The van der Waals surface area contributed by atoms with Crippen molar-refractivity contribution in [3.05, 3.63) is 0 Å². The maximum Gasteiger partial charge on any atom is 0.235 e. The fourth-order valence-electron chi connectivity index (χ4n) is 3.43. The predicted octanol–water partition coefficient (Wildman–Crippen LogP) is 1.78. The van der Waals surface area contributed by atoms with Gasteiger partial charge in [0.05, 0.1) is 10.4 Å². The standard InChI is InChI=1S/C15H27N3OS/c1-14(2,3)18-10-8-17(9-11-18)13(19)15(12(16)20)6-4-5-7-15/h4-11H2,1-3H3,(H2,16,20). The van der Waals surface area contributed by atoms with Crippen LogP contribution in [0.15, 0.2) is 0 Å². The number of rotatable bonds is 2. The summed E-state index contributed by atoms with van der Waals surface area (Å²) in [5.41, 5.74) is 5.54. The molecule has 0 atom stereocenters. The quantitative estimate of drug-likeness (QED) is 0.789. The SMILES string of the molecule is CC(C)(C)N1CCN(C(=O)C2(C(N)=S)CCCC2)CC1. The number of hydrogen-bond donors (Lipinski definition) is 1. The van der Waals surface area contributed by atoms with Crippen LogP contribution in [0.1, 0.15) is 46.5 Å². The van der Waals surface area contributed by atoms with E-state index < -0.39 is 5.41 Å². The second kappa shape index (κ2) is 5.60. The molecule has 20 heavy (non-hydrogen) atoms. The van der Waals surface area contributed by atoms with Gasteiger partial charge in [-0.1, -0.05) is 25.1 Å². The molecule has 0 aromatic rings. The molecule has 0 unspecified atom stereocenters. The Bertz CT molecular complexity index is 388. The average Bonchev–Trinajstić information content (AvgIpc) is 2.87. The third-order valence-corrected chi connectivity index (χ3v) is 5.24. The van der Waals surface area contributed by atoms with Crippen LogP contribution in [0.5, 0.6) is 0 Å². The van der Waals surface area contributed by atoms with Gasteiger partial charge in [-0.05, 0) is 33.6 Å². The second-order valence-electron chi connectivity index (χ2n) is 7.10. The van der Waals surface area contributed by atoms with Crippen molar-refractivity contribution in [2.24, 2.45) is 11.1 Å². The van der Waals surface area contributed by atoms with Crippen molar-refractivity contribution in [2.75, 3.05) is 26.2 Å². The van der Waals surface area contributed by atoms with Gasteiger partial charge in [-0.3, -0.25) is 9.69 Å². The first-order valence-electron chi connectivity index (χ1n) is 7.62. The highest BCUT2D eigenvalue weighted by molar-refractivity contribution is 7.80. The van der Waals surface area contributed by atoms with Crippen molar-refractivity contribution < 1.29 is 4.79 Å². The predicted molar refractivity (Wildman–Crippen MR) is 85.6 cm³/mol. The summed E-state index contributed by atoms with van der Waals surface area (Å²) < 4.78 is 0. The smallest absolute Gasteiger partial charge is 0.235 e. The summed E-state index contributed by atoms with van der Waals surface area (Å²) in [6, 6.07) is 0. The number of hydrogen-bond acceptors (Lipinski definition) is 3. The first-order chi connectivity index (χ1) is 9.27. The molecule has 0 radical (unpaired) electrons. The fourth-order valence-corrected chi connectivity index (χ4v) is 3.72. The lowest BCUT2D eigenvalue weighted by atomic mass is 9.84. The molecule has 0 aromatic carbocycles. The molecule has 4 nitrogen and oxygen atoms in total. The average molecular weight is 297 g/mol. The first-order valence-corrected chi connectivity index (χ1v) is 8.02. The summed E-state index contributed by atoms with van der Waals surface area (Å²) in [4.78, 5) is 17.7. The molecule has 114 valence electrons. The van der Waals surface area contributed by atoms with Crippen LogP contribution in [0.2, 0.25) is 0 Å². The Morgan fingerprint density at radius 3 is 2.00 bits per heavy atom. The van der Waals surface area contributed by atoms with Gasteiger partial charge in [0, 0.05) is 31.7 Å². The van der Waals surface area contributed by atoms with Crippen LogP contribution in [-0.2, 0) is 4.79 Å². The summed E-state index contributed by atoms with van der Waals surface area (Å²) in [7, 11) is 0. The van der Waals surface area contributed by atoms with E-state index >= 15 is 0 Å². The lowest BCUT2D eigenvalue weighted by molar-refractivity contribution is -0.140. The Kier molecular flexibility index (Phi) is 4.40. The molecule has 2 N–H and O–H groups in total. The Morgan fingerprint density at radius 2 is 1.60 bits per heavy atom. The van der Waals surface area contributed by atoms with Crippen molar-refractivity contribution in [2.45, 2.75) is 52.0 Å². The Hall–Kier alpha value is -0.680. The lowest BCUT2D eigenvalue weighted by Crippen LogP contribution is -2.58. The zero-order valence-electron chi connectivity index (χ0n) is 12.9. The van der Waals surface area contributed by atoms with E-state index in [1.165, 1.54) is 0 Å². The van der Waals surface area contributed by atoms with Crippen molar-refractivity contribution in [3.8, 4) is 0 Å². The third kappa shape index (κ3) is 2.84. The Balaban J connectivity index is 2.03. The van der Waals surface area contributed by atoms with Gasteiger partial charge < -0.3 is 10.6 Å². The molecule has 0 spiro atoms. The zero-order chi connectivity index (χ0) is 15.0. The van der Waals surface area contributed by atoms with Crippen LogP contribution >= 0.6 is 12.2 Å². The monoisotopic (exact) mass is 297 g/mol. The summed E-state index contributed by atoms with van der Waals surface area (Å²) in [6.07, 6.45) is 3.79. The number of carbonyl (C=O) groups is 1. The molecule has 1 aliphatic carbocycles. The summed E-state index contributed by atoms with van der Waals surface area (Å²) in [6.45, 7) is 10.1. The molecule has 5 heteroatoms. The number of nitrogens with zero attached hydrogens (tertiary/aromatic N) is 2. The highest BCUT2D eigenvalue weighted by Crippen LogP contribution is 2.40. The van der Waals surface area contributed by atoms with Gasteiger partial charge in [0.15, 0.2) is 0 Å². The number of nitrogens with two attached hydrogens (primary N) is 1. The van der Waals surface area contributed by atoms with Crippen LogP contribution in [0.4, 0.5) is 0 Å². The van der Waals surface area contributed by atoms with Crippen LogP contribution in [0.3, 0.4) is 0 Å². The minimum Gasteiger partial charge on any atom is -0.392 e. The number of piperazine rings is 1. The van der Waals surface area contributed by atoms with Gasteiger partial charge in [-0.2, -0.15) is 0 Å². The van der Waals surface area contributed by atoms with E-state index in [1.807, 2.05) is 4.90 Å². The van der Waals surface area contributed by atoms with E-state index in [0.717, 1.165) is 51.9 Å². The summed E-state index contributed by atoms with van der Waals surface area (Å²) >= 11 is 5.22. The van der Waals surface area contributed by atoms with Gasteiger partial charge in [0.25, 0.3) is 0 Å². The van der Waals surface area contributed by atoms with Crippen LogP contribution in [0.25, 0.3) is 0 Å². The van der Waals surface area contributed by atoms with Gasteiger partial charge in [-0.15, -0.1) is 0 Å². The highest BCUT2D eigenvalue weighted by atomic mass is 32.1. The van der Waals surface area contributed by atoms with E-state index in [9.17, 15) is 4.79 Å². The molecular formula is C15H27N3OS. The molecule has 2 fully saturated rings. The van der Waals surface area contributed by atoms with E-state index in [2.05, 4.69) is 25.7 Å². The topological polar surface area (TPSA) is 49.6 Å². The van der Waals surface area contributed by atoms with Crippen LogP contribution in [0, 0.1) is 5.41 Å². The first kappa shape index (κ1) is 15.7. The third-order valence-electron chi connectivity index (χ3n) is 4.85. The number of thiocarbonyl (C=S) groups is 1. The molecule has 2 rings (SSSR count). The molecule has 2 aliphatic rings. The molecular weight excluding hydrogens is 270 g/mol. The summed E-state index contributed by atoms with van der Waals surface area (Å²) in [5, 5.41) is 0. The molecule has 1 amide bonds. The van der Waals surface area contributed by atoms with Crippen molar-refractivity contribution in [3.63, 3.8) is 0 Å². The number of amides is 1. The van der Waals surface area contributed by atoms with Crippen molar-refractivity contribution >= 4 is 23.1 Å². The molecule has 1 saturated heterocycles. The van der Waals surface area contributed by atoms with E-state index in [-0.39, 0.29) is 11.4 Å². The van der Waals surface area contributed by atoms with Crippen LogP contribution in [-0.4, -0.2) is 52.4 Å². The molecule has 0 bridgehead atoms. The second-order valence-corrected chi connectivity index (χ2v) is 7.54. The van der Waals surface area contributed by atoms with Gasteiger partial charge in [-0.25, -0.2) is 0 Å². The molecule has 1 aliphatic heterocycles. The van der Waals surface area contributed by atoms with Gasteiger partial charge in [0.1, 0.15) is 0 Å².